The van der Waals surface area contributed by atoms with Crippen LogP contribution in [0.5, 0.6) is 0 Å². The highest BCUT2D eigenvalue weighted by molar-refractivity contribution is 5.79. The Morgan fingerprint density at radius 1 is 1.58 bits per heavy atom. The van der Waals surface area contributed by atoms with Crippen molar-refractivity contribution in [3.05, 3.63) is 0 Å². The van der Waals surface area contributed by atoms with Crippen LogP contribution in [0.1, 0.15) is 20.3 Å². The van der Waals surface area contributed by atoms with Gasteiger partial charge in [0.2, 0.25) is 5.91 Å². The molecule has 1 unspecified atom stereocenters. The maximum atomic E-state index is 11.7. The van der Waals surface area contributed by atoms with Gasteiger partial charge in [0.15, 0.2) is 0 Å². The van der Waals surface area contributed by atoms with Crippen molar-refractivity contribution in [3.8, 4) is 0 Å². The molecule has 3 nitrogen and oxygen atoms in total. The number of nitrogens with zero attached hydrogens (tertiary/aromatic N) is 1. The summed E-state index contributed by atoms with van der Waals surface area (Å²) >= 11 is 0. The molecule has 1 N–H and O–H groups in total. The first kappa shape index (κ1) is 9.52. The van der Waals surface area contributed by atoms with Crippen molar-refractivity contribution in [2.45, 2.75) is 20.3 Å². The smallest absolute Gasteiger partial charge is 0.226 e. The molecular formula is C9H18N2O. The molecule has 1 rings (SSSR count). The molecule has 1 saturated heterocycles. The molecule has 1 fully saturated rings. The van der Waals surface area contributed by atoms with Crippen LogP contribution in [0.25, 0.3) is 0 Å². The number of hydrogen-bond donors (Lipinski definition) is 1. The van der Waals surface area contributed by atoms with E-state index in [1.165, 1.54) is 0 Å². The van der Waals surface area contributed by atoms with Gasteiger partial charge in [0.05, 0.1) is 5.92 Å². The van der Waals surface area contributed by atoms with Crippen molar-refractivity contribution in [1.82, 2.24) is 10.2 Å². The van der Waals surface area contributed by atoms with E-state index in [9.17, 15) is 4.79 Å². The van der Waals surface area contributed by atoms with Crippen molar-refractivity contribution < 1.29 is 4.79 Å². The van der Waals surface area contributed by atoms with Gasteiger partial charge in [0, 0.05) is 26.2 Å². The molecule has 1 atom stereocenters. The number of hydrogen-bond acceptors (Lipinski definition) is 2. The van der Waals surface area contributed by atoms with Crippen molar-refractivity contribution in [3.63, 3.8) is 0 Å². The lowest BCUT2D eigenvalue weighted by Crippen LogP contribution is -2.35. The van der Waals surface area contributed by atoms with Crippen LogP contribution in [0.2, 0.25) is 0 Å². The zero-order valence-electron chi connectivity index (χ0n) is 7.97. The van der Waals surface area contributed by atoms with E-state index >= 15 is 0 Å². The molecule has 1 amide bonds. The lowest BCUT2D eigenvalue weighted by molar-refractivity contribution is -0.134. The van der Waals surface area contributed by atoms with Gasteiger partial charge in [0.25, 0.3) is 0 Å². The third-order valence-electron chi connectivity index (χ3n) is 2.48. The first-order valence-corrected chi connectivity index (χ1v) is 4.79. The van der Waals surface area contributed by atoms with Gasteiger partial charge in [-0.05, 0) is 13.3 Å². The number of likely N-dealkylation sites (N-methyl/N-ethyl adjacent to an activating group) is 1. The van der Waals surface area contributed by atoms with Crippen molar-refractivity contribution in [2.75, 3.05) is 26.2 Å². The maximum absolute atomic E-state index is 11.7. The Bertz CT molecular complexity index is 143. The Balaban J connectivity index is 2.59. The minimum Gasteiger partial charge on any atom is -0.341 e. The summed E-state index contributed by atoms with van der Waals surface area (Å²) in [5.41, 5.74) is 0. The van der Waals surface area contributed by atoms with E-state index in [2.05, 4.69) is 12.2 Å². The standard InChI is InChI=1S/C9H18N2O/c1-3-8-7-10-5-6-11(4-2)9(8)12/h8,10H,3-7H2,1-2H3. The van der Waals surface area contributed by atoms with E-state index in [1.807, 2.05) is 11.8 Å². The largest absolute Gasteiger partial charge is 0.341 e. The van der Waals surface area contributed by atoms with Gasteiger partial charge in [-0.25, -0.2) is 0 Å². The summed E-state index contributed by atoms with van der Waals surface area (Å²) in [6, 6.07) is 0. The second kappa shape index (κ2) is 4.45. The van der Waals surface area contributed by atoms with E-state index in [0.717, 1.165) is 32.6 Å². The number of carbonyl (C=O) groups excluding carboxylic acids is 1. The van der Waals surface area contributed by atoms with E-state index in [1.54, 1.807) is 0 Å². The Hall–Kier alpha value is -0.570. The molecule has 1 aliphatic rings. The molecule has 3 heteroatoms. The molecule has 0 saturated carbocycles. The fourth-order valence-corrected chi connectivity index (χ4v) is 1.58. The molecule has 0 aromatic carbocycles. The fourth-order valence-electron chi connectivity index (χ4n) is 1.58. The molecule has 12 heavy (non-hydrogen) atoms. The molecule has 1 heterocycles. The molecular weight excluding hydrogens is 152 g/mol. The lowest BCUT2D eigenvalue weighted by Gasteiger charge is -2.21. The van der Waals surface area contributed by atoms with E-state index in [4.69, 9.17) is 0 Å². The molecule has 0 aromatic heterocycles. The van der Waals surface area contributed by atoms with Gasteiger partial charge < -0.3 is 10.2 Å². The Kier molecular flexibility index (Phi) is 3.53. The second-order valence-corrected chi connectivity index (χ2v) is 3.23. The average Bonchev–Trinajstić information content (AvgIpc) is 2.27. The van der Waals surface area contributed by atoms with Crippen LogP contribution in [0, 0.1) is 5.92 Å². The van der Waals surface area contributed by atoms with Crippen LogP contribution in [0.15, 0.2) is 0 Å². The molecule has 0 radical (unpaired) electrons. The lowest BCUT2D eigenvalue weighted by atomic mass is 10.1. The minimum atomic E-state index is 0.201. The summed E-state index contributed by atoms with van der Waals surface area (Å²) in [5, 5.41) is 3.28. The summed E-state index contributed by atoms with van der Waals surface area (Å²) in [7, 11) is 0. The van der Waals surface area contributed by atoms with Gasteiger partial charge in [-0.3, -0.25) is 4.79 Å². The zero-order valence-corrected chi connectivity index (χ0v) is 7.97. The van der Waals surface area contributed by atoms with Crippen molar-refractivity contribution >= 4 is 5.91 Å². The Labute approximate surface area is 74.1 Å². The SMILES string of the molecule is CCC1CNCCN(CC)C1=O. The summed E-state index contributed by atoms with van der Waals surface area (Å²) in [6.45, 7) is 7.62. The van der Waals surface area contributed by atoms with Crippen LogP contribution >= 0.6 is 0 Å². The highest BCUT2D eigenvalue weighted by Crippen LogP contribution is 2.08. The normalized spacial score (nSPS) is 25.7. The molecule has 1 aliphatic heterocycles. The summed E-state index contributed by atoms with van der Waals surface area (Å²) in [6.07, 6.45) is 0.947. The monoisotopic (exact) mass is 170 g/mol. The topological polar surface area (TPSA) is 32.3 Å². The zero-order chi connectivity index (χ0) is 8.97. The Morgan fingerprint density at radius 3 is 2.92 bits per heavy atom. The number of carbonyl (C=O) groups is 1. The third-order valence-corrected chi connectivity index (χ3v) is 2.48. The Morgan fingerprint density at radius 2 is 2.33 bits per heavy atom. The van der Waals surface area contributed by atoms with Crippen LogP contribution < -0.4 is 5.32 Å². The van der Waals surface area contributed by atoms with Gasteiger partial charge in [0.1, 0.15) is 0 Å². The molecule has 0 aliphatic carbocycles. The van der Waals surface area contributed by atoms with Gasteiger partial charge in [-0.2, -0.15) is 0 Å². The van der Waals surface area contributed by atoms with Crippen molar-refractivity contribution in [2.24, 2.45) is 5.92 Å². The predicted octanol–water partition coefficient (Wildman–Crippen LogP) is 0.464. The van der Waals surface area contributed by atoms with Crippen LogP contribution in [0.3, 0.4) is 0 Å². The summed E-state index contributed by atoms with van der Waals surface area (Å²) in [4.78, 5) is 13.6. The molecule has 0 aromatic rings. The molecule has 70 valence electrons. The van der Waals surface area contributed by atoms with Crippen molar-refractivity contribution in [1.29, 1.82) is 0 Å². The maximum Gasteiger partial charge on any atom is 0.226 e. The summed E-state index contributed by atoms with van der Waals surface area (Å²) < 4.78 is 0. The van der Waals surface area contributed by atoms with Gasteiger partial charge >= 0.3 is 0 Å². The van der Waals surface area contributed by atoms with E-state index in [0.29, 0.717) is 5.91 Å². The molecule has 0 bridgehead atoms. The highest BCUT2D eigenvalue weighted by Gasteiger charge is 2.23. The van der Waals surface area contributed by atoms with Crippen LogP contribution in [-0.2, 0) is 4.79 Å². The van der Waals surface area contributed by atoms with E-state index < -0.39 is 0 Å². The first-order valence-electron chi connectivity index (χ1n) is 4.79. The number of amides is 1. The first-order chi connectivity index (χ1) is 5.79. The number of nitrogens with one attached hydrogen (secondary N) is 1. The van der Waals surface area contributed by atoms with E-state index in [-0.39, 0.29) is 5.92 Å². The van der Waals surface area contributed by atoms with Crippen LogP contribution in [0.4, 0.5) is 0 Å². The quantitative estimate of drug-likeness (QED) is 0.653. The average molecular weight is 170 g/mol. The number of rotatable bonds is 2. The van der Waals surface area contributed by atoms with Crippen LogP contribution in [-0.4, -0.2) is 37.0 Å². The minimum absolute atomic E-state index is 0.201. The highest BCUT2D eigenvalue weighted by atomic mass is 16.2. The second-order valence-electron chi connectivity index (χ2n) is 3.23. The molecule has 0 spiro atoms. The fraction of sp³-hybridized carbons (Fsp3) is 0.889. The third kappa shape index (κ3) is 1.97. The van der Waals surface area contributed by atoms with Gasteiger partial charge in [-0.1, -0.05) is 6.92 Å². The predicted molar refractivity (Wildman–Crippen MR) is 48.9 cm³/mol. The summed E-state index contributed by atoms with van der Waals surface area (Å²) in [5.74, 6) is 0.525. The van der Waals surface area contributed by atoms with Gasteiger partial charge in [-0.15, -0.1) is 0 Å².